The van der Waals surface area contributed by atoms with Crippen LogP contribution in [0.5, 0.6) is 5.75 Å². The van der Waals surface area contributed by atoms with Crippen LogP contribution in [-0.4, -0.2) is 25.6 Å². The molecule has 5 nitrogen and oxygen atoms in total. The van der Waals surface area contributed by atoms with E-state index >= 15 is 0 Å². The molecule has 33 heavy (non-hydrogen) atoms. The smallest absolute Gasteiger partial charge is 0.341 e. The van der Waals surface area contributed by atoms with Crippen molar-refractivity contribution in [3.63, 3.8) is 0 Å². The predicted octanol–water partition coefficient (Wildman–Crippen LogP) is 7.34. The molecule has 0 aliphatic carbocycles. The molecule has 0 aliphatic heterocycles. The van der Waals surface area contributed by atoms with Gasteiger partial charge in [0.05, 0.1) is 18.7 Å². The zero-order chi connectivity index (χ0) is 23.7. The fourth-order valence-corrected chi connectivity index (χ4v) is 5.79. The molecule has 1 amide bonds. The van der Waals surface area contributed by atoms with Gasteiger partial charge in [-0.25, -0.2) is 4.79 Å². The minimum atomic E-state index is -0.477. The number of nitrogens with one attached hydrogen (secondary N) is 1. The second-order valence-corrected chi connectivity index (χ2v) is 9.74. The number of rotatable bonds is 6. The largest absolute Gasteiger partial charge is 0.497 e. The molecule has 4 rings (SSSR count). The van der Waals surface area contributed by atoms with Crippen LogP contribution < -0.4 is 10.1 Å². The van der Waals surface area contributed by atoms with E-state index in [1.165, 1.54) is 22.7 Å². The first-order chi connectivity index (χ1) is 15.8. The first-order valence-corrected chi connectivity index (χ1v) is 12.3. The van der Waals surface area contributed by atoms with Crippen LogP contribution >= 0.6 is 34.3 Å². The van der Waals surface area contributed by atoms with Crippen molar-refractivity contribution in [2.45, 2.75) is 20.8 Å². The van der Waals surface area contributed by atoms with Crippen LogP contribution in [0.15, 0.2) is 41.8 Å². The van der Waals surface area contributed by atoms with Gasteiger partial charge in [-0.2, -0.15) is 0 Å². The van der Waals surface area contributed by atoms with Crippen LogP contribution in [0.3, 0.4) is 0 Å². The van der Waals surface area contributed by atoms with Crippen molar-refractivity contribution in [1.82, 2.24) is 0 Å². The van der Waals surface area contributed by atoms with Crippen LogP contribution in [0.4, 0.5) is 5.00 Å². The first kappa shape index (κ1) is 23.3. The molecule has 4 aromatic rings. The van der Waals surface area contributed by atoms with Crippen molar-refractivity contribution in [1.29, 1.82) is 0 Å². The second kappa shape index (κ2) is 9.55. The number of halogens is 1. The van der Waals surface area contributed by atoms with Gasteiger partial charge in [0.1, 0.15) is 21.2 Å². The Labute approximate surface area is 204 Å². The van der Waals surface area contributed by atoms with Crippen molar-refractivity contribution >= 4 is 61.2 Å². The van der Waals surface area contributed by atoms with Gasteiger partial charge in [0, 0.05) is 21.0 Å². The minimum absolute atomic E-state index is 0.235. The molecular weight excluding hydrogens is 478 g/mol. The molecule has 1 N–H and O–H groups in total. The van der Waals surface area contributed by atoms with Gasteiger partial charge in [0.25, 0.3) is 5.91 Å². The molecule has 2 aromatic carbocycles. The maximum absolute atomic E-state index is 13.2. The van der Waals surface area contributed by atoms with Crippen LogP contribution in [-0.2, 0) is 4.74 Å². The standard InChI is InChI=1S/C25H22ClNO4S2/c1-5-31-25(29)20-18(15-7-6-13(2)14(3)10-15)12-32-24(20)27-23(28)22-21(26)17-11-16(30-4)8-9-19(17)33-22/h6-12H,5H2,1-4H3,(H,27,28). The number of aryl methyl sites for hydroxylation is 2. The lowest BCUT2D eigenvalue weighted by molar-refractivity contribution is 0.0529. The summed E-state index contributed by atoms with van der Waals surface area (Å²) in [5, 5.41) is 6.28. The lowest BCUT2D eigenvalue weighted by Gasteiger charge is -2.10. The molecule has 0 radical (unpaired) electrons. The fraction of sp³-hybridized carbons (Fsp3) is 0.200. The number of esters is 1. The zero-order valence-corrected chi connectivity index (χ0v) is 21.0. The normalized spacial score (nSPS) is 10.9. The number of carbonyl (C=O) groups excluding carboxylic acids is 2. The summed E-state index contributed by atoms with van der Waals surface area (Å²) in [7, 11) is 1.58. The number of thiophene rings is 2. The number of ether oxygens (including phenoxy) is 2. The Morgan fingerprint density at radius 3 is 2.58 bits per heavy atom. The molecule has 0 unspecified atom stereocenters. The van der Waals surface area contributed by atoms with Gasteiger partial charge in [0.2, 0.25) is 0 Å². The van der Waals surface area contributed by atoms with Crippen molar-refractivity contribution < 1.29 is 19.1 Å². The van der Waals surface area contributed by atoms with E-state index in [0.29, 0.717) is 26.2 Å². The van der Waals surface area contributed by atoms with E-state index in [4.69, 9.17) is 21.1 Å². The summed E-state index contributed by atoms with van der Waals surface area (Å²) in [6.07, 6.45) is 0. The predicted molar refractivity (Wildman–Crippen MR) is 137 cm³/mol. The lowest BCUT2D eigenvalue weighted by atomic mass is 9.99. The molecule has 2 aromatic heterocycles. The van der Waals surface area contributed by atoms with Crippen LogP contribution in [0.2, 0.25) is 5.02 Å². The molecule has 8 heteroatoms. The quantitative estimate of drug-likeness (QED) is 0.282. The molecule has 0 bridgehead atoms. The third kappa shape index (κ3) is 4.49. The summed E-state index contributed by atoms with van der Waals surface area (Å²) in [5.74, 6) is -0.191. The van der Waals surface area contributed by atoms with E-state index in [2.05, 4.69) is 5.32 Å². The summed E-state index contributed by atoms with van der Waals surface area (Å²) < 4.78 is 11.4. The highest BCUT2D eigenvalue weighted by molar-refractivity contribution is 7.22. The van der Waals surface area contributed by atoms with Gasteiger partial charge in [0.15, 0.2) is 0 Å². The molecule has 0 saturated carbocycles. The van der Waals surface area contributed by atoms with Crippen LogP contribution in [0, 0.1) is 13.8 Å². The number of methoxy groups -OCH3 is 1. The van der Waals surface area contributed by atoms with Gasteiger partial charge in [-0.05, 0) is 55.7 Å². The molecule has 0 fully saturated rings. The third-order valence-electron chi connectivity index (χ3n) is 5.36. The van der Waals surface area contributed by atoms with Crippen LogP contribution in [0.25, 0.3) is 21.2 Å². The SMILES string of the molecule is CCOC(=O)c1c(-c2ccc(C)c(C)c2)csc1NC(=O)c1sc2ccc(OC)cc2c1Cl. The van der Waals surface area contributed by atoms with Crippen LogP contribution in [0.1, 0.15) is 38.1 Å². The Bertz CT molecular complexity index is 1370. The fourth-order valence-electron chi connectivity index (χ4n) is 3.46. The second-order valence-electron chi connectivity index (χ2n) is 7.43. The lowest BCUT2D eigenvalue weighted by Crippen LogP contribution is -2.14. The number of carbonyl (C=O) groups is 2. The van der Waals surface area contributed by atoms with E-state index in [1.807, 2.05) is 49.6 Å². The molecule has 0 saturated heterocycles. The van der Waals surface area contributed by atoms with E-state index in [-0.39, 0.29) is 12.5 Å². The molecule has 0 aliphatic rings. The van der Waals surface area contributed by atoms with Gasteiger partial charge in [-0.15, -0.1) is 22.7 Å². The highest BCUT2D eigenvalue weighted by Crippen LogP contribution is 2.40. The van der Waals surface area contributed by atoms with Crippen molar-refractivity contribution in [2.75, 3.05) is 19.0 Å². The maximum atomic E-state index is 13.2. The number of amides is 1. The Balaban J connectivity index is 1.73. The Hall–Kier alpha value is -2.87. The first-order valence-electron chi connectivity index (χ1n) is 10.3. The maximum Gasteiger partial charge on any atom is 0.341 e. The highest BCUT2D eigenvalue weighted by Gasteiger charge is 2.25. The van der Waals surface area contributed by atoms with Crippen molar-refractivity contribution in [3.8, 4) is 16.9 Å². The van der Waals surface area contributed by atoms with E-state index in [0.717, 1.165) is 32.3 Å². The number of hydrogen-bond donors (Lipinski definition) is 1. The highest BCUT2D eigenvalue weighted by atomic mass is 35.5. The number of anilines is 1. The molecule has 0 atom stereocenters. The third-order valence-corrected chi connectivity index (χ3v) is 7.93. The van der Waals surface area contributed by atoms with Gasteiger partial charge in [-0.1, -0.05) is 29.8 Å². The summed E-state index contributed by atoms with van der Waals surface area (Å²) in [4.78, 5) is 26.4. The van der Waals surface area contributed by atoms with Crippen molar-refractivity contribution in [3.05, 3.63) is 68.4 Å². The summed E-state index contributed by atoms with van der Waals surface area (Å²) in [6, 6.07) is 11.5. The Morgan fingerprint density at radius 2 is 1.88 bits per heavy atom. The number of fused-ring (bicyclic) bond motifs is 1. The summed E-state index contributed by atoms with van der Waals surface area (Å²) >= 11 is 9.11. The van der Waals surface area contributed by atoms with Gasteiger partial charge in [-0.3, -0.25) is 4.79 Å². The monoisotopic (exact) mass is 499 g/mol. The molecule has 170 valence electrons. The Kier molecular flexibility index (Phi) is 6.74. The van der Waals surface area contributed by atoms with Gasteiger partial charge >= 0.3 is 5.97 Å². The minimum Gasteiger partial charge on any atom is -0.497 e. The zero-order valence-electron chi connectivity index (χ0n) is 18.6. The average molecular weight is 500 g/mol. The molecular formula is C25H22ClNO4S2. The number of benzene rings is 2. The summed E-state index contributed by atoms with van der Waals surface area (Å²) in [5.41, 5.74) is 4.24. The number of hydrogen-bond acceptors (Lipinski definition) is 6. The van der Waals surface area contributed by atoms with E-state index < -0.39 is 5.97 Å². The Morgan fingerprint density at radius 1 is 1.09 bits per heavy atom. The van der Waals surface area contributed by atoms with E-state index in [1.54, 1.807) is 20.1 Å². The van der Waals surface area contributed by atoms with E-state index in [9.17, 15) is 9.59 Å². The molecule has 0 spiro atoms. The summed E-state index contributed by atoms with van der Waals surface area (Å²) in [6.45, 7) is 6.05. The average Bonchev–Trinajstić information content (AvgIpc) is 3.36. The molecule has 2 heterocycles. The topological polar surface area (TPSA) is 64.6 Å². The van der Waals surface area contributed by atoms with Crippen molar-refractivity contribution in [2.24, 2.45) is 0 Å². The van der Waals surface area contributed by atoms with Gasteiger partial charge < -0.3 is 14.8 Å².